The van der Waals surface area contributed by atoms with Gasteiger partial charge in [-0.3, -0.25) is 0 Å². The quantitative estimate of drug-likeness (QED) is 0.128. The van der Waals surface area contributed by atoms with Gasteiger partial charge in [0.1, 0.15) is 11.2 Å². The molecule has 0 fully saturated rings. The summed E-state index contributed by atoms with van der Waals surface area (Å²) in [5, 5.41) is 12.6. The highest BCUT2D eigenvalue weighted by Gasteiger charge is 2.40. The van der Waals surface area contributed by atoms with Crippen LogP contribution in [0.3, 0.4) is 0 Å². The summed E-state index contributed by atoms with van der Waals surface area (Å²) >= 11 is 0. The largest absolute Gasteiger partial charge is 0.455 e. The Labute approximate surface area is 360 Å². The third-order valence-corrected chi connectivity index (χ3v) is 13.8. The fraction of sp³-hybridized carbons (Fsp3) is 0.0492. The van der Waals surface area contributed by atoms with Gasteiger partial charge < -0.3 is 4.42 Å². The maximum absolute atomic E-state index is 6.52. The van der Waals surface area contributed by atoms with Crippen LogP contribution in [0.25, 0.3) is 121 Å². The zero-order valence-corrected chi connectivity index (χ0v) is 34.5. The fourth-order valence-corrected chi connectivity index (χ4v) is 11.3. The molecule has 0 N–H and O–H groups in total. The molecule has 0 unspecified atom stereocenters. The molecule has 13 rings (SSSR count). The van der Waals surface area contributed by atoms with Gasteiger partial charge in [0.15, 0.2) is 0 Å². The first-order valence-corrected chi connectivity index (χ1v) is 21.7. The van der Waals surface area contributed by atoms with Gasteiger partial charge in [-0.1, -0.05) is 202 Å². The van der Waals surface area contributed by atoms with Gasteiger partial charge in [-0.2, -0.15) is 0 Å². The van der Waals surface area contributed by atoms with E-state index in [1.807, 2.05) is 6.07 Å². The molecular weight excluding hydrogens is 749 g/mol. The highest BCUT2D eigenvalue weighted by molar-refractivity contribution is 6.22. The Balaban J connectivity index is 0.998. The van der Waals surface area contributed by atoms with Crippen molar-refractivity contribution < 1.29 is 4.42 Å². The SMILES string of the molecule is CC1(C)c2c(-c3cccc(-c4c5ccccc5c(-c5cccc(-c6cccc7c6oc6ccccc67)c5)c5ccccc45)c3)cccc2-c2c1c1ccccc1c1ccccc21. The summed E-state index contributed by atoms with van der Waals surface area (Å²) in [6.45, 7) is 4.86. The zero-order valence-electron chi connectivity index (χ0n) is 34.5. The van der Waals surface area contributed by atoms with Gasteiger partial charge in [0, 0.05) is 21.8 Å². The van der Waals surface area contributed by atoms with Crippen molar-refractivity contribution in [1.29, 1.82) is 0 Å². The standard InChI is InChI=1S/C61H40O/c1-61(2)58-41(30-15-33-53(58)57-46-24-5-3-21-43(46)44-22-4-10-29-51(44)59(57)61)37-17-13-19-39(35-37)55-47-25-6-8-27-49(47)56(50-28-9-7-26-48(50)55)40-20-14-18-38(36-40)42-31-16-32-52-45-23-11-12-34-54(45)62-60(42)52/h3-36H,1-2H3. The first-order valence-electron chi connectivity index (χ1n) is 21.7. The van der Waals surface area contributed by atoms with Crippen LogP contribution in [-0.2, 0) is 5.41 Å². The van der Waals surface area contributed by atoms with Crippen molar-refractivity contribution in [2.24, 2.45) is 0 Å². The second-order valence-corrected chi connectivity index (χ2v) is 17.5. The van der Waals surface area contributed by atoms with Crippen molar-refractivity contribution in [3.05, 3.63) is 217 Å². The molecule has 290 valence electrons. The zero-order chi connectivity index (χ0) is 41.1. The Morgan fingerprint density at radius 2 is 0.694 bits per heavy atom. The average Bonchev–Trinajstić information content (AvgIpc) is 3.83. The van der Waals surface area contributed by atoms with Gasteiger partial charge in [0.05, 0.1) is 0 Å². The maximum atomic E-state index is 6.52. The summed E-state index contributed by atoms with van der Waals surface area (Å²) < 4.78 is 6.52. The van der Waals surface area contributed by atoms with Crippen LogP contribution in [0.1, 0.15) is 25.0 Å². The predicted molar refractivity (Wildman–Crippen MR) is 263 cm³/mol. The summed E-state index contributed by atoms with van der Waals surface area (Å²) in [6.07, 6.45) is 0. The first kappa shape index (κ1) is 35.1. The van der Waals surface area contributed by atoms with Gasteiger partial charge in [-0.15, -0.1) is 0 Å². The van der Waals surface area contributed by atoms with Gasteiger partial charge in [0.2, 0.25) is 0 Å². The van der Waals surface area contributed by atoms with E-state index in [-0.39, 0.29) is 5.41 Å². The van der Waals surface area contributed by atoms with Crippen molar-refractivity contribution in [2.45, 2.75) is 19.3 Å². The van der Waals surface area contributed by atoms with Gasteiger partial charge in [-0.05, 0) is 122 Å². The molecule has 1 nitrogen and oxygen atoms in total. The van der Waals surface area contributed by atoms with E-state index in [0.717, 1.165) is 33.1 Å². The molecule has 1 aliphatic carbocycles. The highest BCUT2D eigenvalue weighted by atomic mass is 16.3. The normalized spacial score (nSPS) is 13.1. The van der Waals surface area contributed by atoms with Crippen LogP contribution in [0, 0.1) is 0 Å². The van der Waals surface area contributed by atoms with Crippen molar-refractivity contribution in [3.8, 4) is 55.6 Å². The predicted octanol–water partition coefficient (Wildman–Crippen LogP) is 17.2. The molecule has 0 bridgehead atoms. The van der Waals surface area contributed by atoms with Crippen LogP contribution >= 0.6 is 0 Å². The molecular formula is C61H40O. The van der Waals surface area contributed by atoms with Crippen LogP contribution in [0.4, 0.5) is 0 Å². The van der Waals surface area contributed by atoms with Crippen molar-refractivity contribution in [2.75, 3.05) is 0 Å². The lowest BCUT2D eigenvalue weighted by atomic mass is 9.76. The van der Waals surface area contributed by atoms with E-state index in [2.05, 4.69) is 214 Å². The van der Waals surface area contributed by atoms with Gasteiger partial charge in [0.25, 0.3) is 0 Å². The molecule has 0 radical (unpaired) electrons. The summed E-state index contributed by atoms with van der Waals surface area (Å²) in [6, 6.07) is 76.0. The number of furan rings is 1. The monoisotopic (exact) mass is 788 g/mol. The second-order valence-electron chi connectivity index (χ2n) is 17.5. The van der Waals surface area contributed by atoms with Crippen LogP contribution in [0.15, 0.2) is 211 Å². The smallest absolute Gasteiger partial charge is 0.143 e. The third kappa shape index (κ3) is 4.91. The molecule has 0 amide bonds. The van der Waals surface area contributed by atoms with E-state index >= 15 is 0 Å². The molecule has 1 aromatic heterocycles. The van der Waals surface area contributed by atoms with E-state index in [1.165, 1.54) is 98.7 Å². The number of hydrogen-bond donors (Lipinski definition) is 0. The minimum Gasteiger partial charge on any atom is -0.455 e. The minimum atomic E-state index is -0.216. The molecule has 1 heterocycles. The lowest BCUT2D eigenvalue weighted by Crippen LogP contribution is -2.17. The summed E-state index contributed by atoms with van der Waals surface area (Å²) in [5.74, 6) is 0. The Morgan fingerprint density at radius 1 is 0.290 bits per heavy atom. The van der Waals surface area contributed by atoms with Crippen LogP contribution in [0.5, 0.6) is 0 Å². The minimum absolute atomic E-state index is 0.216. The number of rotatable bonds is 4. The molecule has 62 heavy (non-hydrogen) atoms. The molecule has 1 heteroatoms. The number of para-hydroxylation sites is 2. The number of hydrogen-bond acceptors (Lipinski definition) is 1. The number of fused-ring (bicyclic) bond motifs is 13. The van der Waals surface area contributed by atoms with Crippen LogP contribution in [0.2, 0.25) is 0 Å². The fourth-order valence-electron chi connectivity index (χ4n) is 11.3. The first-order chi connectivity index (χ1) is 30.5. The van der Waals surface area contributed by atoms with Crippen molar-refractivity contribution in [3.63, 3.8) is 0 Å². The van der Waals surface area contributed by atoms with Crippen LogP contribution in [-0.4, -0.2) is 0 Å². The van der Waals surface area contributed by atoms with E-state index < -0.39 is 0 Å². The Bertz CT molecular complexity index is 3780. The van der Waals surface area contributed by atoms with Crippen molar-refractivity contribution in [1.82, 2.24) is 0 Å². The highest BCUT2D eigenvalue weighted by Crippen LogP contribution is 2.57. The number of benzene rings is 11. The topological polar surface area (TPSA) is 13.1 Å². The molecule has 0 spiro atoms. The summed E-state index contributed by atoms with van der Waals surface area (Å²) in [4.78, 5) is 0. The lowest BCUT2D eigenvalue weighted by Gasteiger charge is -2.26. The summed E-state index contributed by atoms with van der Waals surface area (Å²) in [5.41, 5.74) is 16.8. The molecule has 11 aromatic carbocycles. The molecule has 0 saturated carbocycles. The van der Waals surface area contributed by atoms with E-state index in [0.29, 0.717) is 0 Å². The Morgan fingerprint density at radius 3 is 1.31 bits per heavy atom. The molecule has 0 atom stereocenters. The third-order valence-electron chi connectivity index (χ3n) is 13.8. The van der Waals surface area contributed by atoms with E-state index in [1.54, 1.807) is 0 Å². The van der Waals surface area contributed by atoms with Gasteiger partial charge in [-0.25, -0.2) is 0 Å². The van der Waals surface area contributed by atoms with Crippen molar-refractivity contribution >= 4 is 65.0 Å². The maximum Gasteiger partial charge on any atom is 0.143 e. The Kier molecular flexibility index (Phi) is 7.42. The summed E-state index contributed by atoms with van der Waals surface area (Å²) in [7, 11) is 0. The molecule has 0 saturated heterocycles. The average molecular weight is 789 g/mol. The van der Waals surface area contributed by atoms with Crippen LogP contribution < -0.4 is 0 Å². The molecule has 0 aliphatic heterocycles. The Hall–Kier alpha value is -7.74. The van der Waals surface area contributed by atoms with E-state index in [4.69, 9.17) is 4.42 Å². The second kappa shape index (κ2) is 13.1. The molecule has 12 aromatic rings. The lowest BCUT2D eigenvalue weighted by molar-refractivity contribution is 0.668. The molecule has 1 aliphatic rings. The van der Waals surface area contributed by atoms with E-state index in [9.17, 15) is 0 Å². The van der Waals surface area contributed by atoms with Gasteiger partial charge >= 0.3 is 0 Å².